The average molecular weight is 279 g/mol. The zero-order valence-electron chi connectivity index (χ0n) is 11.1. The average Bonchev–Trinajstić information content (AvgIpc) is 2.56. The zero-order chi connectivity index (χ0) is 13.8. The molecule has 0 aromatic heterocycles. The molecule has 20 heavy (non-hydrogen) atoms. The minimum Gasteiger partial charge on any atom is -0.122 e. The van der Waals surface area contributed by atoms with Gasteiger partial charge in [0.2, 0.25) is 0 Å². The van der Waals surface area contributed by atoms with Gasteiger partial charge < -0.3 is 0 Å². The fourth-order valence-corrected chi connectivity index (χ4v) is 2.63. The van der Waals surface area contributed by atoms with E-state index in [0.717, 1.165) is 0 Å². The van der Waals surface area contributed by atoms with Gasteiger partial charge in [0, 0.05) is 5.88 Å². The summed E-state index contributed by atoms with van der Waals surface area (Å²) in [4.78, 5) is 0. The van der Waals surface area contributed by atoms with Gasteiger partial charge in [0.25, 0.3) is 0 Å². The molecule has 0 saturated heterocycles. The second-order valence-electron chi connectivity index (χ2n) is 4.74. The maximum absolute atomic E-state index is 6.14. The molecule has 3 aromatic carbocycles. The summed E-state index contributed by atoms with van der Waals surface area (Å²) in [6, 6.07) is 27.3. The van der Waals surface area contributed by atoms with Crippen molar-refractivity contribution in [1.29, 1.82) is 0 Å². The monoisotopic (exact) mass is 278 g/mol. The van der Waals surface area contributed by atoms with Gasteiger partial charge in [-0.2, -0.15) is 0 Å². The molecule has 0 aliphatic carbocycles. The number of benzene rings is 3. The summed E-state index contributed by atoms with van der Waals surface area (Å²) in [5.41, 5.74) is 6.02. The predicted molar refractivity (Wildman–Crippen MR) is 86.9 cm³/mol. The molecule has 0 atom stereocenters. The first-order valence-electron chi connectivity index (χ1n) is 6.68. The highest BCUT2D eigenvalue weighted by molar-refractivity contribution is 6.17. The number of hydrogen-bond donors (Lipinski definition) is 0. The fraction of sp³-hybridized carbons (Fsp3) is 0.0526. The van der Waals surface area contributed by atoms with Gasteiger partial charge in [-0.3, -0.25) is 0 Å². The Morgan fingerprint density at radius 1 is 0.600 bits per heavy atom. The second kappa shape index (κ2) is 5.94. The van der Waals surface area contributed by atoms with Gasteiger partial charge in [-0.15, -0.1) is 11.6 Å². The molecule has 0 bridgehead atoms. The van der Waals surface area contributed by atoms with Crippen molar-refractivity contribution in [2.75, 3.05) is 0 Å². The minimum absolute atomic E-state index is 0.519. The van der Waals surface area contributed by atoms with E-state index in [1.165, 1.54) is 27.8 Å². The van der Waals surface area contributed by atoms with Crippen LogP contribution in [0.2, 0.25) is 0 Å². The third-order valence-electron chi connectivity index (χ3n) is 3.44. The Morgan fingerprint density at radius 2 is 1.20 bits per heavy atom. The van der Waals surface area contributed by atoms with E-state index in [4.69, 9.17) is 11.6 Å². The van der Waals surface area contributed by atoms with Crippen LogP contribution in [0.4, 0.5) is 0 Å². The molecule has 0 amide bonds. The van der Waals surface area contributed by atoms with Crippen LogP contribution in [-0.2, 0) is 5.88 Å². The summed E-state index contributed by atoms with van der Waals surface area (Å²) in [5, 5.41) is 0. The summed E-state index contributed by atoms with van der Waals surface area (Å²) in [5.74, 6) is 0.519. The van der Waals surface area contributed by atoms with Crippen molar-refractivity contribution >= 4 is 11.6 Å². The lowest BCUT2D eigenvalue weighted by Crippen LogP contribution is -1.88. The van der Waals surface area contributed by atoms with E-state index in [1.54, 1.807) is 0 Å². The molecule has 0 radical (unpaired) electrons. The summed E-state index contributed by atoms with van der Waals surface area (Å²) < 4.78 is 0. The molecule has 0 unspecified atom stereocenters. The van der Waals surface area contributed by atoms with Crippen LogP contribution in [0.25, 0.3) is 22.3 Å². The molecule has 0 spiro atoms. The standard InChI is InChI=1S/C19H15Cl/c20-14-18-13-17(15-7-3-1-4-8-15)11-12-19(18)16-9-5-2-6-10-16/h1-13H,14H2. The highest BCUT2D eigenvalue weighted by atomic mass is 35.5. The van der Waals surface area contributed by atoms with E-state index in [9.17, 15) is 0 Å². The van der Waals surface area contributed by atoms with Crippen molar-refractivity contribution in [3.05, 3.63) is 84.4 Å². The predicted octanol–water partition coefficient (Wildman–Crippen LogP) is 5.76. The molecular formula is C19H15Cl. The van der Waals surface area contributed by atoms with Crippen LogP contribution >= 0.6 is 11.6 Å². The third-order valence-corrected chi connectivity index (χ3v) is 3.73. The van der Waals surface area contributed by atoms with Crippen LogP contribution in [0, 0.1) is 0 Å². The Kier molecular flexibility index (Phi) is 3.85. The molecule has 0 N–H and O–H groups in total. The van der Waals surface area contributed by atoms with Crippen LogP contribution in [-0.4, -0.2) is 0 Å². The smallest absolute Gasteiger partial charge is 0.0480 e. The number of rotatable bonds is 3. The highest BCUT2D eigenvalue weighted by Crippen LogP contribution is 2.29. The first kappa shape index (κ1) is 13.0. The number of halogens is 1. The van der Waals surface area contributed by atoms with Gasteiger partial charge in [0.15, 0.2) is 0 Å². The quantitative estimate of drug-likeness (QED) is 0.534. The lowest BCUT2D eigenvalue weighted by molar-refractivity contribution is 1.39. The molecule has 1 heteroatoms. The molecule has 0 aliphatic rings. The molecule has 0 saturated carbocycles. The maximum atomic E-state index is 6.14. The molecule has 0 heterocycles. The maximum Gasteiger partial charge on any atom is 0.0480 e. The second-order valence-corrected chi connectivity index (χ2v) is 5.00. The van der Waals surface area contributed by atoms with E-state index in [1.807, 2.05) is 12.1 Å². The number of hydrogen-bond acceptors (Lipinski definition) is 0. The normalized spacial score (nSPS) is 10.4. The minimum atomic E-state index is 0.519. The van der Waals surface area contributed by atoms with Crippen molar-refractivity contribution in [2.45, 2.75) is 5.88 Å². The van der Waals surface area contributed by atoms with Crippen LogP contribution in [0.1, 0.15) is 5.56 Å². The van der Waals surface area contributed by atoms with Gasteiger partial charge in [-0.25, -0.2) is 0 Å². The van der Waals surface area contributed by atoms with E-state index in [-0.39, 0.29) is 0 Å². The third kappa shape index (κ3) is 2.61. The molecule has 0 nitrogen and oxygen atoms in total. The zero-order valence-corrected chi connectivity index (χ0v) is 11.8. The Labute approximate surface area is 124 Å². The van der Waals surface area contributed by atoms with Gasteiger partial charge in [-0.05, 0) is 33.9 Å². The van der Waals surface area contributed by atoms with Crippen molar-refractivity contribution in [3.8, 4) is 22.3 Å². The van der Waals surface area contributed by atoms with Gasteiger partial charge >= 0.3 is 0 Å². The van der Waals surface area contributed by atoms with Crippen LogP contribution < -0.4 is 0 Å². The van der Waals surface area contributed by atoms with E-state index < -0.39 is 0 Å². The molecular weight excluding hydrogens is 264 g/mol. The lowest BCUT2D eigenvalue weighted by Gasteiger charge is -2.10. The summed E-state index contributed by atoms with van der Waals surface area (Å²) in [7, 11) is 0. The topological polar surface area (TPSA) is 0 Å². The van der Waals surface area contributed by atoms with Crippen molar-refractivity contribution in [2.24, 2.45) is 0 Å². The van der Waals surface area contributed by atoms with E-state index in [0.29, 0.717) is 5.88 Å². The summed E-state index contributed by atoms with van der Waals surface area (Å²) in [6.07, 6.45) is 0. The van der Waals surface area contributed by atoms with E-state index >= 15 is 0 Å². The fourth-order valence-electron chi connectivity index (χ4n) is 2.41. The highest BCUT2D eigenvalue weighted by Gasteiger charge is 2.06. The van der Waals surface area contributed by atoms with Crippen molar-refractivity contribution in [3.63, 3.8) is 0 Å². The first-order chi connectivity index (χ1) is 9.88. The van der Waals surface area contributed by atoms with E-state index in [2.05, 4.69) is 66.7 Å². The Hall–Kier alpha value is -2.05. The van der Waals surface area contributed by atoms with Crippen LogP contribution in [0.15, 0.2) is 78.9 Å². The Bertz CT molecular complexity index is 687. The Morgan fingerprint density at radius 3 is 1.80 bits per heavy atom. The van der Waals surface area contributed by atoms with Crippen LogP contribution in [0.3, 0.4) is 0 Å². The van der Waals surface area contributed by atoms with Gasteiger partial charge in [0.1, 0.15) is 0 Å². The Balaban J connectivity index is 2.07. The van der Waals surface area contributed by atoms with Crippen molar-refractivity contribution < 1.29 is 0 Å². The van der Waals surface area contributed by atoms with Crippen molar-refractivity contribution in [1.82, 2.24) is 0 Å². The summed E-state index contributed by atoms with van der Waals surface area (Å²) >= 11 is 6.14. The van der Waals surface area contributed by atoms with Gasteiger partial charge in [0.05, 0.1) is 0 Å². The molecule has 98 valence electrons. The van der Waals surface area contributed by atoms with Crippen LogP contribution in [0.5, 0.6) is 0 Å². The number of alkyl halides is 1. The molecule has 0 aliphatic heterocycles. The SMILES string of the molecule is ClCc1cc(-c2ccccc2)ccc1-c1ccccc1. The first-order valence-corrected chi connectivity index (χ1v) is 7.21. The van der Waals surface area contributed by atoms with Gasteiger partial charge in [-0.1, -0.05) is 72.8 Å². The largest absolute Gasteiger partial charge is 0.122 e. The molecule has 0 fully saturated rings. The summed E-state index contributed by atoms with van der Waals surface area (Å²) in [6.45, 7) is 0. The molecule has 3 aromatic rings. The lowest BCUT2D eigenvalue weighted by atomic mass is 9.96. The molecule has 3 rings (SSSR count).